The molecule has 4 N–H and O–H groups in total. The molecule has 0 unspecified atom stereocenters. The summed E-state index contributed by atoms with van der Waals surface area (Å²) in [6, 6.07) is 10.1. The number of carbonyl (C=O) groups excluding carboxylic acids is 1. The number of hydrogen-bond donors (Lipinski definition) is 3. The SMILES string of the molecule is CC#Cc1cc2c(cc1N1CCNCC1)C1(CCOCC1)c1[nH]c3cc(N)ccc3c1C2=O. The lowest BCUT2D eigenvalue weighted by Gasteiger charge is -2.42. The van der Waals surface area contributed by atoms with Gasteiger partial charge in [-0.1, -0.05) is 12.0 Å². The third-order valence-electron chi connectivity index (χ3n) is 7.49. The first-order valence-electron chi connectivity index (χ1n) is 11.7. The largest absolute Gasteiger partial charge is 0.399 e. The minimum atomic E-state index is -0.286. The van der Waals surface area contributed by atoms with Gasteiger partial charge in [-0.25, -0.2) is 0 Å². The van der Waals surface area contributed by atoms with Crippen LogP contribution in [0.15, 0.2) is 30.3 Å². The van der Waals surface area contributed by atoms with Gasteiger partial charge in [-0.2, -0.15) is 0 Å². The van der Waals surface area contributed by atoms with Crippen LogP contribution in [0.4, 0.5) is 11.4 Å². The molecule has 0 radical (unpaired) electrons. The van der Waals surface area contributed by atoms with Gasteiger partial charge < -0.3 is 25.7 Å². The number of anilines is 2. The van der Waals surface area contributed by atoms with Crippen LogP contribution in [0.2, 0.25) is 0 Å². The van der Waals surface area contributed by atoms with E-state index >= 15 is 0 Å². The summed E-state index contributed by atoms with van der Waals surface area (Å²) in [6.45, 7) is 6.94. The zero-order valence-corrected chi connectivity index (χ0v) is 18.9. The van der Waals surface area contributed by atoms with E-state index in [4.69, 9.17) is 10.5 Å². The molecule has 3 aromatic rings. The van der Waals surface area contributed by atoms with Crippen molar-refractivity contribution in [3.8, 4) is 11.8 Å². The van der Waals surface area contributed by atoms with Crippen LogP contribution in [-0.4, -0.2) is 50.2 Å². The fourth-order valence-electron chi connectivity index (χ4n) is 5.89. The van der Waals surface area contributed by atoms with E-state index in [1.165, 1.54) is 0 Å². The van der Waals surface area contributed by atoms with Crippen LogP contribution in [0.25, 0.3) is 10.9 Å². The van der Waals surface area contributed by atoms with E-state index in [1.807, 2.05) is 31.2 Å². The van der Waals surface area contributed by atoms with Gasteiger partial charge in [0.1, 0.15) is 0 Å². The van der Waals surface area contributed by atoms with E-state index in [2.05, 4.69) is 33.1 Å². The molecule has 6 rings (SSSR count). The van der Waals surface area contributed by atoms with Gasteiger partial charge in [-0.3, -0.25) is 4.79 Å². The Hall–Kier alpha value is -3.27. The van der Waals surface area contributed by atoms with Crippen molar-refractivity contribution in [2.75, 3.05) is 50.0 Å². The second-order valence-electron chi connectivity index (χ2n) is 9.23. The zero-order valence-electron chi connectivity index (χ0n) is 18.9. The van der Waals surface area contributed by atoms with E-state index < -0.39 is 0 Å². The van der Waals surface area contributed by atoms with Crippen molar-refractivity contribution >= 4 is 28.1 Å². The third kappa shape index (κ3) is 3.00. The summed E-state index contributed by atoms with van der Waals surface area (Å²) < 4.78 is 5.80. The van der Waals surface area contributed by atoms with Crippen molar-refractivity contribution in [3.63, 3.8) is 0 Å². The predicted molar refractivity (Wildman–Crippen MR) is 131 cm³/mol. The van der Waals surface area contributed by atoms with Gasteiger partial charge in [0.2, 0.25) is 0 Å². The number of nitrogens with zero attached hydrogens (tertiary/aromatic N) is 1. The van der Waals surface area contributed by atoms with E-state index in [9.17, 15) is 4.79 Å². The number of carbonyl (C=O) groups is 1. The van der Waals surface area contributed by atoms with E-state index in [0.29, 0.717) is 18.9 Å². The number of nitrogens with two attached hydrogens (primary N) is 1. The van der Waals surface area contributed by atoms with Gasteiger partial charge in [0.25, 0.3) is 0 Å². The van der Waals surface area contributed by atoms with Crippen molar-refractivity contribution in [3.05, 3.63) is 58.3 Å². The molecule has 0 saturated carbocycles. The van der Waals surface area contributed by atoms with Crippen molar-refractivity contribution in [1.82, 2.24) is 10.3 Å². The molecule has 3 heterocycles. The number of hydrogen-bond acceptors (Lipinski definition) is 5. The predicted octanol–water partition coefficient (Wildman–Crippen LogP) is 3.17. The van der Waals surface area contributed by atoms with Crippen LogP contribution in [0.5, 0.6) is 0 Å². The topological polar surface area (TPSA) is 83.4 Å². The highest BCUT2D eigenvalue weighted by Gasteiger charge is 2.47. The second-order valence-corrected chi connectivity index (χ2v) is 9.23. The molecule has 0 bridgehead atoms. The number of rotatable bonds is 1. The van der Waals surface area contributed by atoms with E-state index in [0.717, 1.165) is 83.6 Å². The van der Waals surface area contributed by atoms with Crippen molar-refractivity contribution < 1.29 is 9.53 Å². The molecule has 6 heteroatoms. The Morgan fingerprint density at radius 1 is 1.12 bits per heavy atom. The number of benzene rings is 2. The summed E-state index contributed by atoms with van der Waals surface area (Å²) >= 11 is 0. The number of aromatic amines is 1. The maximum absolute atomic E-state index is 14.0. The van der Waals surface area contributed by atoms with Crippen molar-refractivity contribution in [1.29, 1.82) is 0 Å². The van der Waals surface area contributed by atoms with Crippen LogP contribution in [0, 0.1) is 11.8 Å². The number of piperazine rings is 1. The molecule has 0 atom stereocenters. The van der Waals surface area contributed by atoms with Crippen LogP contribution in [-0.2, 0) is 10.2 Å². The number of nitrogen functional groups attached to an aromatic ring is 1. The Morgan fingerprint density at radius 2 is 1.91 bits per heavy atom. The number of nitrogens with one attached hydrogen (secondary N) is 2. The smallest absolute Gasteiger partial charge is 0.195 e. The molecule has 1 spiro atoms. The van der Waals surface area contributed by atoms with Gasteiger partial charge in [0.15, 0.2) is 5.78 Å². The van der Waals surface area contributed by atoms with Gasteiger partial charge >= 0.3 is 0 Å². The molecule has 0 amide bonds. The van der Waals surface area contributed by atoms with Crippen LogP contribution >= 0.6 is 0 Å². The summed E-state index contributed by atoms with van der Waals surface area (Å²) in [6.07, 6.45) is 1.67. The highest BCUT2D eigenvalue weighted by Crippen LogP contribution is 2.50. The average Bonchev–Trinajstić information content (AvgIpc) is 3.23. The Balaban J connectivity index is 1.64. The Bertz CT molecular complexity index is 1330. The summed E-state index contributed by atoms with van der Waals surface area (Å²) in [7, 11) is 0. The van der Waals surface area contributed by atoms with Crippen LogP contribution in [0.3, 0.4) is 0 Å². The lowest BCUT2D eigenvalue weighted by Crippen LogP contribution is -2.44. The second kappa shape index (κ2) is 7.65. The van der Waals surface area contributed by atoms with E-state index in [-0.39, 0.29) is 11.2 Å². The maximum atomic E-state index is 14.0. The molecular weight excluding hydrogens is 412 g/mol. The van der Waals surface area contributed by atoms with Crippen molar-refractivity contribution in [2.45, 2.75) is 25.2 Å². The number of aromatic nitrogens is 1. The molecule has 168 valence electrons. The molecule has 2 aromatic carbocycles. The maximum Gasteiger partial charge on any atom is 0.195 e. The standard InChI is InChI=1S/C27H28N4O2/c1-2-3-17-14-20-21(16-23(17)31-10-8-29-9-11-31)27(6-12-33-13-7-27)26-24(25(20)32)19-5-4-18(28)15-22(19)30-26/h4-5,14-16,29-30H,6-13,28H2,1H3. The molecule has 2 saturated heterocycles. The summed E-state index contributed by atoms with van der Waals surface area (Å²) in [5, 5.41) is 4.37. The van der Waals surface area contributed by atoms with Gasteiger partial charge in [-0.15, -0.1) is 5.92 Å². The van der Waals surface area contributed by atoms with Gasteiger partial charge in [-0.05, 0) is 49.6 Å². The third-order valence-corrected chi connectivity index (χ3v) is 7.49. The number of fused-ring (bicyclic) bond motifs is 6. The molecule has 2 aliphatic heterocycles. The molecule has 1 aliphatic carbocycles. The number of H-pyrrole nitrogens is 1. The van der Waals surface area contributed by atoms with Crippen molar-refractivity contribution in [2.24, 2.45) is 0 Å². The first kappa shape index (κ1) is 20.3. The molecule has 3 aliphatic rings. The fraction of sp³-hybridized carbons (Fsp3) is 0.370. The Morgan fingerprint density at radius 3 is 2.67 bits per heavy atom. The van der Waals surface area contributed by atoms with E-state index in [1.54, 1.807) is 0 Å². The Kier molecular flexibility index (Phi) is 4.72. The summed E-state index contributed by atoms with van der Waals surface area (Å²) in [5.74, 6) is 6.42. The lowest BCUT2D eigenvalue weighted by atomic mass is 9.64. The minimum absolute atomic E-state index is 0.0687. The molecule has 2 fully saturated rings. The molecule has 33 heavy (non-hydrogen) atoms. The number of ether oxygens (including phenoxy) is 1. The lowest BCUT2D eigenvalue weighted by molar-refractivity contribution is 0.0602. The fourth-order valence-corrected chi connectivity index (χ4v) is 5.89. The summed E-state index contributed by atoms with van der Waals surface area (Å²) in [5.41, 5.74) is 13.1. The zero-order chi connectivity index (χ0) is 22.6. The molecular formula is C27H28N4O2. The monoisotopic (exact) mass is 440 g/mol. The first-order chi connectivity index (χ1) is 16.1. The van der Waals surface area contributed by atoms with Crippen LogP contribution < -0.4 is 16.0 Å². The number of ketones is 1. The van der Waals surface area contributed by atoms with Crippen LogP contribution in [0.1, 0.15) is 52.5 Å². The minimum Gasteiger partial charge on any atom is -0.399 e. The normalized spacial score (nSPS) is 19.2. The highest BCUT2D eigenvalue weighted by molar-refractivity contribution is 6.20. The molecule has 6 nitrogen and oxygen atoms in total. The quantitative estimate of drug-likeness (QED) is 0.400. The summed E-state index contributed by atoms with van der Waals surface area (Å²) in [4.78, 5) is 20.0. The van der Waals surface area contributed by atoms with Gasteiger partial charge in [0, 0.05) is 78.2 Å². The van der Waals surface area contributed by atoms with Gasteiger partial charge in [0.05, 0.1) is 11.3 Å². The highest BCUT2D eigenvalue weighted by atomic mass is 16.5. The first-order valence-corrected chi connectivity index (χ1v) is 11.7. The average molecular weight is 441 g/mol. The Labute approximate surface area is 193 Å². The molecule has 1 aromatic heterocycles.